The Balaban J connectivity index is 1.10. The number of hydrogen-bond acceptors (Lipinski definition) is 7. The number of anilines is 1. The number of fused-ring (bicyclic) bond motifs is 2. The van der Waals surface area contributed by atoms with Crippen molar-refractivity contribution < 1.29 is 0 Å². The van der Waals surface area contributed by atoms with E-state index in [1.54, 1.807) is 11.3 Å². The van der Waals surface area contributed by atoms with Crippen molar-refractivity contribution in [3.63, 3.8) is 0 Å². The van der Waals surface area contributed by atoms with E-state index in [0.717, 1.165) is 105 Å². The van der Waals surface area contributed by atoms with Gasteiger partial charge < -0.3 is 10.7 Å². The van der Waals surface area contributed by atoms with Gasteiger partial charge in [-0.3, -0.25) is 9.69 Å². The molecule has 2 N–H and O–H groups in total. The molecule has 0 amide bonds. The van der Waals surface area contributed by atoms with Gasteiger partial charge in [0.2, 0.25) is 0 Å². The number of para-hydroxylation sites is 1. The second-order valence-corrected chi connectivity index (χ2v) is 9.59. The van der Waals surface area contributed by atoms with Crippen molar-refractivity contribution in [3.8, 4) is 0 Å². The molecule has 0 atom stereocenters. The molecule has 1 fully saturated rings. The van der Waals surface area contributed by atoms with Crippen LogP contribution in [-0.4, -0.2) is 52.3 Å². The van der Waals surface area contributed by atoms with E-state index in [0.29, 0.717) is 0 Å². The smallest absolute Gasteiger partial charge is 0.275 e. The molecule has 0 unspecified atom stereocenters. The van der Waals surface area contributed by atoms with Crippen LogP contribution in [0.5, 0.6) is 0 Å². The molecule has 2 aromatic heterocycles. The number of nitrogens with zero attached hydrogens (tertiary/aromatic N) is 5. The Morgan fingerprint density at radius 3 is 2.65 bits per heavy atom. The monoisotopic (exact) mass is 438 g/mol. The third kappa shape index (κ3) is 4.32. The standard InChI is InChI=1S/C23H30N6OS/c24-29-21(25-18-8-2-1-7-17(18)22(29)30)11-5-6-12-27-13-15-28(16-14-27)23-26-19-9-3-4-10-20(19)31-23/h3-4,9-10H,1-2,5-8,11-16,24H2. The summed E-state index contributed by atoms with van der Waals surface area (Å²) in [6.07, 6.45) is 6.78. The van der Waals surface area contributed by atoms with Gasteiger partial charge >= 0.3 is 0 Å². The average Bonchev–Trinajstić information content (AvgIpc) is 3.24. The van der Waals surface area contributed by atoms with Gasteiger partial charge in [0.1, 0.15) is 5.82 Å². The van der Waals surface area contributed by atoms with E-state index in [1.165, 1.54) is 9.38 Å². The lowest BCUT2D eigenvalue weighted by molar-refractivity contribution is 0.252. The summed E-state index contributed by atoms with van der Waals surface area (Å²) in [5.74, 6) is 6.79. The molecule has 3 heterocycles. The van der Waals surface area contributed by atoms with Crippen LogP contribution in [0.25, 0.3) is 10.2 Å². The summed E-state index contributed by atoms with van der Waals surface area (Å²) < 4.78 is 2.55. The van der Waals surface area contributed by atoms with Gasteiger partial charge in [0.25, 0.3) is 5.56 Å². The number of rotatable bonds is 6. The van der Waals surface area contributed by atoms with Crippen molar-refractivity contribution in [1.82, 2.24) is 19.5 Å². The average molecular weight is 439 g/mol. The van der Waals surface area contributed by atoms with Gasteiger partial charge in [-0.15, -0.1) is 0 Å². The van der Waals surface area contributed by atoms with Crippen molar-refractivity contribution >= 4 is 26.7 Å². The van der Waals surface area contributed by atoms with Gasteiger partial charge in [-0.1, -0.05) is 23.5 Å². The first-order valence-corrected chi connectivity index (χ1v) is 12.2. The van der Waals surface area contributed by atoms with E-state index in [4.69, 9.17) is 15.8 Å². The minimum absolute atomic E-state index is 0.0364. The molecule has 1 aromatic carbocycles. The number of nitrogen functional groups attached to an aromatic ring is 1. The van der Waals surface area contributed by atoms with Gasteiger partial charge in [-0.25, -0.2) is 14.6 Å². The lowest BCUT2D eigenvalue weighted by atomic mass is 9.97. The molecule has 1 saturated heterocycles. The van der Waals surface area contributed by atoms with Crippen LogP contribution in [0.3, 0.4) is 0 Å². The molecule has 1 aliphatic heterocycles. The van der Waals surface area contributed by atoms with Gasteiger partial charge in [0.05, 0.1) is 15.9 Å². The van der Waals surface area contributed by atoms with Crippen molar-refractivity contribution in [2.24, 2.45) is 0 Å². The van der Waals surface area contributed by atoms with E-state index >= 15 is 0 Å². The molecule has 1 aliphatic carbocycles. The molecular formula is C23H30N6OS. The van der Waals surface area contributed by atoms with Crippen molar-refractivity contribution in [1.29, 1.82) is 0 Å². The normalized spacial score (nSPS) is 17.2. The highest BCUT2D eigenvalue weighted by molar-refractivity contribution is 7.22. The number of aromatic nitrogens is 3. The van der Waals surface area contributed by atoms with Crippen LogP contribution in [0.15, 0.2) is 29.1 Å². The predicted molar refractivity (Wildman–Crippen MR) is 127 cm³/mol. The SMILES string of the molecule is Nn1c(CCCCN2CCN(c3nc4ccccc4s3)CC2)nc2c(c1=O)CCCC2. The second kappa shape index (κ2) is 8.96. The van der Waals surface area contributed by atoms with Crippen LogP contribution >= 0.6 is 11.3 Å². The zero-order chi connectivity index (χ0) is 21.2. The van der Waals surface area contributed by atoms with E-state index < -0.39 is 0 Å². The highest BCUT2D eigenvalue weighted by Crippen LogP contribution is 2.29. The first-order valence-electron chi connectivity index (χ1n) is 11.4. The maximum Gasteiger partial charge on any atom is 0.275 e. The Kier molecular flexibility index (Phi) is 5.91. The maximum atomic E-state index is 12.5. The largest absolute Gasteiger partial charge is 0.345 e. The molecule has 0 spiro atoms. The Labute approximate surface area is 186 Å². The zero-order valence-electron chi connectivity index (χ0n) is 17.9. The van der Waals surface area contributed by atoms with E-state index in [9.17, 15) is 4.79 Å². The Morgan fingerprint density at radius 1 is 1.00 bits per heavy atom. The lowest BCUT2D eigenvalue weighted by Gasteiger charge is -2.34. The Bertz CT molecular complexity index is 1080. The third-order valence-electron chi connectivity index (χ3n) is 6.51. The predicted octanol–water partition coefficient (Wildman–Crippen LogP) is 2.59. The van der Waals surface area contributed by atoms with Gasteiger partial charge in [-0.2, -0.15) is 0 Å². The van der Waals surface area contributed by atoms with Crippen molar-refractivity contribution in [3.05, 3.63) is 51.7 Å². The van der Waals surface area contributed by atoms with E-state index in [2.05, 4.69) is 28.0 Å². The molecule has 8 heteroatoms. The summed E-state index contributed by atoms with van der Waals surface area (Å²) in [6.45, 7) is 5.25. The fourth-order valence-corrected chi connectivity index (χ4v) is 5.69. The maximum absolute atomic E-state index is 12.5. The molecule has 0 bridgehead atoms. The number of unbranched alkanes of at least 4 members (excludes halogenated alkanes) is 1. The number of hydrogen-bond donors (Lipinski definition) is 1. The summed E-state index contributed by atoms with van der Waals surface area (Å²) >= 11 is 1.79. The molecule has 2 aliphatic rings. The summed E-state index contributed by atoms with van der Waals surface area (Å²) in [4.78, 5) is 27.0. The summed E-state index contributed by atoms with van der Waals surface area (Å²) in [5.41, 5.74) is 2.88. The summed E-state index contributed by atoms with van der Waals surface area (Å²) in [7, 11) is 0. The topological polar surface area (TPSA) is 80.3 Å². The fourth-order valence-electron chi connectivity index (χ4n) is 4.67. The molecule has 0 radical (unpaired) electrons. The zero-order valence-corrected chi connectivity index (χ0v) is 18.7. The van der Waals surface area contributed by atoms with E-state index in [-0.39, 0.29) is 5.56 Å². The number of aryl methyl sites for hydroxylation is 2. The van der Waals surface area contributed by atoms with Crippen molar-refractivity contribution in [2.45, 2.75) is 44.9 Å². The second-order valence-electron chi connectivity index (χ2n) is 8.59. The number of thiazole rings is 1. The van der Waals surface area contributed by atoms with Gasteiger partial charge in [-0.05, 0) is 57.2 Å². The highest BCUT2D eigenvalue weighted by atomic mass is 32.1. The van der Waals surface area contributed by atoms with Crippen LogP contribution in [0.1, 0.15) is 42.8 Å². The van der Waals surface area contributed by atoms with E-state index in [1.807, 2.05) is 6.07 Å². The minimum atomic E-state index is -0.0364. The van der Waals surface area contributed by atoms with Crippen LogP contribution in [0, 0.1) is 0 Å². The van der Waals surface area contributed by atoms with Crippen LogP contribution in [0.2, 0.25) is 0 Å². The van der Waals surface area contributed by atoms with Crippen LogP contribution in [-0.2, 0) is 19.3 Å². The molecular weight excluding hydrogens is 408 g/mol. The van der Waals surface area contributed by atoms with Gasteiger partial charge in [0, 0.05) is 38.2 Å². The number of piperazine rings is 1. The van der Waals surface area contributed by atoms with Crippen LogP contribution in [0.4, 0.5) is 5.13 Å². The Morgan fingerprint density at radius 2 is 1.81 bits per heavy atom. The first-order chi connectivity index (χ1) is 15.2. The minimum Gasteiger partial charge on any atom is -0.345 e. The summed E-state index contributed by atoms with van der Waals surface area (Å²) in [5, 5.41) is 1.14. The molecule has 0 saturated carbocycles. The first kappa shape index (κ1) is 20.5. The molecule has 7 nitrogen and oxygen atoms in total. The fraction of sp³-hybridized carbons (Fsp3) is 0.522. The van der Waals surface area contributed by atoms with Gasteiger partial charge in [0.15, 0.2) is 5.13 Å². The number of benzene rings is 1. The molecule has 5 rings (SSSR count). The Hall–Kier alpha value is -2.45. The third-order valence-corrected chi connectivity index (χ3v) is 7.61. The molecule has 31 heavy (non-hydrogen) atoms. The van der Waals surface area contributed by atoms with Crippen molar-refractivity contribution in [2.75, 3.05) is 43.5 Å². The summed E-state index contributed by atoms with van der Waals surface area (Å²) in [6, 6.07) is 8.36. The lowest BCUT2D eigenvalue weighted by Crippen LogP contribution is -2.46. The quantitative estimate of drug-likeness (QED) is 0.471. The highest BCUT2D eigenvalue weighted by Gasteiger charge is 2.20. The molecule has 3 aromatic rings. The number of nitrogens with two attached hydrogens (primary N) is 1. The molecule has 164 valence electrons. The van der Waals surface area contributed by atoms with Crippen LogP contribution < -0.4 is 16.3 Å².